The average molecular weight is 336 g/mol. The summed E-state index contributed by atoms with van der Waals surface area (Å²) in [7, 11) is 0. The summed E-state index contributed by atoms with van der Waals surface area (Å²) >= 11 is 0.402. The number of carbonyl (C=O) groups is 2. The first-order valence-corrected chi connectivity index (χ1v) is 7.69. The number of amides is 1. The first kappa shape index (κ1) is 16.7. The Bertz CT molecular complexity index is 559. The zero-order valence-electron chi connectivity index (χ0n) is 11.6. The average Bonchev–Trinajstić information content (AvgIpc) is 2.94. The van der Waals surface area contributed by atoms with E-state index in [0.717, 1.165) is 11.8 Å². The second kappa shape index (κ2) is 6.64. The summed E-state index contributed by atoms with van der Waals surface area (Å²) in [6.07, 6.45) is -2.52. The van der Waals surface area contributed by atoms with Gasteiger partial charge in [0.25, 0.3) is 5.91 Å². The Morgan fingerprint density at radius 3 is 2.77 bits per heavy atom. The van der Waals surface area contributed by atoms with Gasteiger partial charge in [-0.25, -0.2) is 4.98 Å². The van der Waals surface area contributed by atoms with E-state index in [2.05, 4.69) is 4.98 Å². The van der Waals surface area contributed by atoms with Crippen molar-refractivity contribution in [2.75, 3.05) is 13.1 Å². The van der Waals surface area contributed by atoms with Crippen molar-refractivity contribution in [1.29, 1.82) is 0 Å². The Balaban J connectivity index is 1.99. The molecule has 0 radical (unpaired) electrons. The van der Waals surface area contributed by atoms with E-state index >= 15 is 0 Å². The summed E-state index contributed by atoms with van der Waals surface area (Å²) in [5.74, 6) is -1.35. The molecule has 1 aromatic rings. The number of aliphatic carboxylic acids is 1. The molecule has 1 aliphatic heterocycles. The van der Waals surface area contributed by atoms with Crippen LogP contribution < -0.4 is 0 Å². The van der Waals surface area contributed by atoms with Crippen LogP contribution >= 0.6 is 11.3 Å². The van der Waals surface area contributed by atoms with Gasteiger partial charge in [-0.1, -0.05) is 0 Å². The molecular formula is C13H15F3N2O3S. The van der Waals surface area contributed by atoms with E-state index in [1.165, 1.54) is 4.90 Å². The minimum absolute atomic E-state index is 0.0294. The van der Waals surface area contributed by atoms with Gasteiger partial charge >= 0.3 is 12.1 Å². The van der Waals surface area contributed by atoms with Crippen molar-refractivity contribution >= 4 is 23.2 Å². The van der Waals surface area contributed by atoms with E-state index < -0.39 is 23.1 Å². The highest BCUT2D eigenvalue weighted by atomic mass is 32.1. The summed E-state index contributed by atoms with van der Waals surface area (Å²) in [6.45, 7) is 0.826. The van der Waals surface area contributed by atoms with E-state index in [-0.39, 0.29) is 18.0 Å². The normalized spacial score (nSPS) is 19.2. The lowest BCUT2D eigenvalue weighted by Crippen LogP contribution is -2.40. The van der Waals surface area contributed by atoms with Gasteiger partial charge in [0, 0.05) is 24.9 Å². The van der Waals surface area contributed by atoms with Gasteiger partial charge in [-0.15, -0.1) is 11.3 Å². The maximum absolute atomic E-state index is 12.5. The molecule has 2 rings (SSSR count). The molecule has 1 aromatic heterocycles. The van der Waals surface area contributed by atoms with Crippen molar-refractivity contribution in [3.63, 3.8) is 0 Å². The molecule has 122 valence electrons. The van der Waals surface area contributed by atoms with Crippen LogP contribution in [0, 0.1) is 5.92 Å². The van der Waals surface area contributed by atoms with Crippen LogP contribution in [0.3, 0.4) is 0 Å². The molecule has 0 spiro atoms. The number of aromatic nitrogens is 1. The lowest BCUT2D eigenvalue weighted by atomic mass is 9.93. The molecule has 0 bridgehead atoms. The van der Waals surface area contributed by atoms with Crippen LogP contribution in [0.2, 0.25) is 0 Å². The predicted octanol–water partition coefficient (Wildman–Crippen LogP) is 2.88. The second-order valence-corrected chi connectivity index (χ2v) is 6.09. The van der Waals surface area contributed by atoms with Gasteiger partial charge in [-0.3, -0.25) is 9.59 Å². The molecule has 22 heavy (non-hydrogen) atoms. The minimum atomic E-state index is -4.55. The minimum Gasteiger partial charge on any atom is -0.481 e. The zero-order chi connectivity index (χ0) is 16.3. The number of hydrogen-bond acceptors (Lipinski definition) is 4. The fraction of sp³-hybridized carbons (Fsp3) is 0.615. The maximum atomic E-state index is 12.5. The molecular weight excluding hydrogens is 321 g/mol. The molecule has 1 atom stereocenters. The number of rotatable bonds is 4. The molecule has 0 aliphatic carbocycles. The molecule has 1 fully saturated rings. The molecule has 1 aliphatic rings. The number of alkyl halides is 3. The summed E-state index contributed by atoms with van der Waals surface area (Å²) in [5, 5.41) is 8.77. The van der Waals surface area contributed by atoms with Crippen molar-refractivity contribution in [3.8, 4) is 0 Å². The number of thiazole rings is 1. The van der Waals surface area contributed by atoms with E-state index in [0.29, 0.717) is 37.3 Å². The lowest BCUT2D eigenvalue weighted by Gasteiger charge is -2.32. The van der Waals surface area contributed by atoms with Crippen molar-refractivity contribution in [2.24, 2.45) is 5.92 Å². The van der Waals surface area contributed by atoms with E-state index in [1.807, 2.05) is 0 Å². The quantitative estimate of drug-likeness (QED) is 0.918. The maximum Gasteiger partial charge on any atom is 0.443 e. The molecule has 1 amide bonds. The topological polar surface area (TPSA) is 70.5 Å². The SMILES string of the molecule is O=C(O)CCC1CCCN(C(=O)c2csc(C(F)(F)F)n2)C1. The molecule has 1 N–H and O–H groups in total. The smallest absolute Gasteiger partial charge is 0.443 e. The van der Waals surface area contributed by atoms with Crippen molar-refractivity contribution in [3.05, 3.63) is 16.1 Å². The van der Waals surface area contributed by atoms with Crippen LogP contribution in [0.25, 0.3) is 0 Å². The third-order valence-electron chi connectivity index (χ3n) is 3.54. The Labute approximate surface area is 128 Å². The van der Waals surface area contributed by atoms with E-state index in [4.69, 9.17) is 5.11 Å². The van der Waals surface area contributed by atoms with Gasteiger partial charge in [0.05, 0.1) is 0 Å². The molecule has 0 aromatic carbocycles. The van der Waals surface area contributed by atoms with Crippen molar-refractivity contribution in [2.45, 2.75) is 31.9 Å². The van der Waals surface area contributed by atoms with Crippen LogP contribution in [0.4, 0.5) is 13.2 Å². The number of hydrogen-bond donors (Lipinski definition) is 1. The molecule has 0 saturated carbocycles. The second-order valence-electron chi connectivity index (χ2n) is 5.23. The van der Waals surface area contributed by atoms with E-state index in [9.17, 15) is 22.8 Å². The molecule has 1 unspecified atom stereocenters. The standard InChI is InChI=1S/C13H15F3N2O3S/c14-13(15,16)12-17-9(7-22-12)11(21)18-5-1-2-8(6-18)3-4-10(19)20/h7-8H,1-6H2,(H,19,20). The number of halogens is 3. The van der Waals surface area contributed by atoms with Crippen LogP contribution in [-0.4, -0.2) is 40.0 Å². The monoisotopic (exact) mass is 336 g/mol. The third-order valence-corrected chi connectivity index (χ3v) is 4.43. The van der Waals surface area contributed by atoms with Gasteiger partial charge in [0.2, 0.25) is 0 Å². The summed E-state index contributed by atoms with van der Waals surface area (Å²) in [6, 6.07) is 0. The van der Waals surface area contributed by atoms with Gasteiger partial charge in [0.1, 0.15) is 5.69 Å². The number of piperidine rings is 1. The van der Waals surface area contributed by atoms with Crippen LogP contribution in [0.5, 0.6) is 0 Å². The first-order valence-electron chi connectivity index (χ1n) is 6.81. The Morgan fingerprint density at radius 2 is 2.18 bits per heavy atom. The first-order chi connectivity index (χ1) is 10.3. The fourth-order valence-electron chi connectivity index (χ4n) is 2.48. The summed E-state index contributed by atoms with van der Waals surface area (Å²) in [4.78, 5) is 27.6. The predicted molar refractivity (Wildman–Crippen MR) is 72.6 cm³/mol. The molecule has 9 heteroatoms. The fourth-order valence-corrected chi connectivity index (χ4v) is 3.14. The van der Waals surface area contributed by atoms with E-state index in [1.54, 1.807) is 0 Å². The van der Waals surface area contributed by atoms with Gasteiger partial charge in [-0.2, -0.15) is 13.2 Å². The highest BCUT2D eigenvalue weighted by Gasteiger charge is 2.36. The zero-order valence-corrected chi connectivity index (χ0v) is 12.4. The highest BCUT2D eigenvalue weighted by molar-refractivity contribution is 7.09. The van der Waals surface area contributed by atoms with Gasteiger partial charge in [0.15, 0.2) is 5.01 Å². The Hall–Kier alpha value is -1.64. The number of carbonyl (C=O) groups excluding carboxylic acids is 1. The highest BCUT2D eigenvalue weighted by Crippen LogP contribution is 2.32. The van der Waals surface area contributed by atoms with Crippen molar-refractivity contribution < 1.29 is 27.9 Å². The molecule has 1 saturated heterocycles. The van der Waals surface area contributed by atoms with Gasteiger partial charge in [-0.05, 0) is 25.2 Å². The van der Waals surface area contributed by atoms with Crippen LogP contribution in [-0.2, 0) is 11.0 Å². The number of carboxylic acids is 1. The van der Waals surface area contributed by atoms with Crippen LogP contribution in [0.1, 0.15) is 41.2 Å². The lowest BCUT2D eigenvalue weighted by molar-refractivity contribution is -0.138. The summed E-state index contributed by atoms with van der Waals surface area (Å²) < 4.78 is 37.5. The number of nitrogens with zero attached hydrogens (tertiary/aromatic N) is 2. The third kappa shape index (κ3) is 4.19. The Morgan fingerprint density at radius 1 is 1.45 bits per heavy atom. The number of likely N-dealkylation sites (tertiary alicyclic amines) is 1. The molecule has 2 heterocycles. The molecule has 5 nitrogen and oxygen atoms in total. The van der Waals surface area contributed by atoms with Crippen molar-refractivity contribution in [1.82, 2.24) is 9.88 Å². The Kier molecular flexibility index (Phi) is 5.05. The number of carboxylic acid groups (broad SMARTS) is 1. The largest absolute Gasteiger partial charge is 0.481 e. The van der Waals surface area contributed by atoms with Crippen LogP contribution in [0.15, 0.2) is 5.38 Å². The summed E-state index contributed by atoms with van der Waals surface area (Å²) in [5.41, 5.74) is -0.198. The van der Waals surface area contributed by atoms with Gasteiger partial charge < -0.3 is 10.0 Å².